The summed E-state index contributed by atoms with van der Waals surface area (Å²) in [7, 11) is 3.88. The number of rotatable bonds is 10. The molecule has 0 saturated heterocycles. The fraction of sp³-hybridized carbons (Fsp3) is 0.250. The van der Waals surface area contributed by atoms with Gasteiger partial charge in [-0.2, -0.15) is 5.10 Å². The summed E-state index contributed by atoms with van der Waals surface area (Å²) >= 11 is 0. The van der Waals surface area contributed by atoms with Crippen LogP contribution in [0.1, 0.15) is 32.9 Å². The normalized spacial score (nSPS) is 10.2. The molecule has 8 heteroatoms. The lowest BCUT2D eigenvalue weighted by molar-refractivity contribution is 0.521. The van der Waals surface area contributed by atoms with Gasteiger partial charge in [-0.05, 0) is 42.3 Å². The first-order valence-electron chi connectivity index (χ1n) is 12.2. The van der Waals surface area contributed by atoms with E-state index in [1.54, 1.807) is 12.4 Å². The highest BCUT2D eigenvalue weighted by atomic mass is 15.2. The number of anilines is 3. The van der Waals surface area contributed by atoms with Crippen LogP contribution in [0.3, 0.4) is 0 Å². The second-order valence-corrected chi connectivity index (χ2v) is 8.22. The topological polar surface area (TPSA) is 93.8 Å². The van der Waals surface area contributed by atoms with Crippen molar-refractivity contribution in [1.29, 1.82) is 0 Å². The molecule has 0 radical (unpaired) electrons. The Morgan fingerprint density at radius 3 is 2.44 bits per heavy atom. The zero-order valence-corrected chi connectivity index (χ0v) is 21.8. The van der Waals surface area contributed by atoms with Crippen molar-refractivity contribution in [3.63, 3.8) is 0 Å². The van der Waals surface area contributed by atoms with Crippen molar-refractivity contribution in [3.8, 4) is 11.1 Å². The molecular weight excluding hydrogens is 448 g/mol. The molecule has 1 aromatic carbocycles. The maximum atomic E-state index is 4.50. The van der Waals surface area contributed by atoms with Gasteiger partial charge in [-0.1, -0.05) is 40.0 Å². The number of aromatic nitrogens is 4. The Bertz CT molecular complexity index is 1300. The van der Waals surface area contributed by atoms with Crippen LogP contribution in [0.15, 0.2) is 74.0 Å². The number of hydrogen-bond donors (Lipinski definition) is 4. The fourth-order valence-corrected chi connectivity index (χ4v) is 3.43. The Labute approximate surface area is 213 Å². The minimum atomic E-state index is 0.690. The number of H-pyrrole nitrogens is 1. The van der Waals surface area contributed by atoms with Gasteiger partial charge in [0.2, 0.25) is 0 Å². The van der Waals surface area contributed by atoms with Gasteiger partial charge in [0.15, 0.2) is 0 Å². The van der Waals surface area contributed by atoms with Gasteiger partial charge in [-0.15, -0.1) is 0 Å². The summed E-state index contributed by atoms with van der Waals surface area (Å²) in [6, 6.07) is 12.1. The predicted octanol–water partition coefficient (Wildman–Crippen LogP) is 6.40. The average molecular weight is 485 g/mol. The van der Waals surface area contributed by atoms with Gasteiger partial charge >= 0.3 is 0 Å². The van der Waals surface area contributed by atoms with E-state index in [1.807, 2.05) is 63.3 Å². The van der Waals surface area contributed by atoms with Crippen molar-refractivity contribution in [3.05, 3.63) is 79.7 Å². The number of nitrogens with zero attached hydrogens (tertiary/aromatic N) is 4. The Morgan fingerprint density at radius 1 is 0.944 bits per heavy atom. The van der Waals surface area contributed by atoms with E-state index in [2.05, 4.69) is 68.3 Å². The van der Waals surface area contributed by atoms with Crippen LogP contribution in [-0.4, -0.2) is 45.7 Å². The van der Waals surface area contributed by atoms with Crippen LogP contribution in [0, 0.1) is 0 Å². The molecule has 0 aliphatic carbocycles. The SMILES string of the molecule is C=C(Nc1ccc(NCCC)nc1)c1n[nH]c2ccc(-c3cncc(NC(=C)N(C)C)c3)cc12.CC. The summed E-state index contributed by atoms with van der Waals surface area (Å²) < 4.78 is 0. The second-order valence-electron chi connectivity index (χ2n) is 8.22. The van der Waals surface area contributed by atoms with Crippen LogP contribution in [0.4, 0.5) is 17.2 Å². The molecule has 8 nitrogen and oxygen atoms in total. The predicted molar refractivity (Wildman–Crippen MR) is 153 cm³/mol. The molecule has 0 amide bonds. The Hall–Kier alpha value is -4.33. The first-order chi connectivity index (χ1) is 17.4. The van der Waals surface area contributed by atoms with Crippen molar-refractivity contribution in [2.45, 2.75) is 27.2 Å². The molecule has 0 bridgehead atoms. The molecule has 3 heterocycles. The molecule has 0 saturated carbocycles. The Morgan fingerprint density at radius 2 is 1.75 bits per heavy atom. The average Bonchev–Trinajstić information content (AvgIpc) is 3.33. The van der Waals surface area contributed by atoms with Gasteiger partial charge in [0, 0.05) is 37.8 Å². The zero-order chi connectivity index (χ0) is 26.1. The zero-order valence-electron chi connectivity index (χ0n) is 21.8. The fourth-order valence-electron chi connectivity index (χ4n) is 3.43. The van der Waals surface area contributed by atoms with E-state index in [0.717, 1.165) is 63.7 Å². The van der Waals surface area contributed by atoms with Crippen molar-refractivity contribution in [2.75, 3.05) is 36.6 Å². The monoisotopic (exact) mass is 484 g/mol. The first-order valence-corrected chi connectivity index (χ1v) is 12.2. The molecule has 0 aliphatic heterocycles. The quantitative estimate of drug-likeness (QED) is 0.207. The number of hydrogen-bond acceptors (Lipinski definition) is 7. The molecular formula is C28H36N8. The minimum absolute atomic E-state index is 0.690. The van der Waals surface area contributed by atoms with E-state index in [-0.39, 0.29) is 0 Å². The molecule has 0 unspecified atom stereocenters. The van der Waals surface area contributed by atoms with Crippen LogP contribution in [0.2, 0.25) is 0 Å². The lowest BCUT2D eigenvalue weighted by Crippen LogP contribution is -2.16. The maximum Gasteiger partial charge on any atom is 0.126 e. The minimum Gasteiger partial charge on any atom is -0.370 e. The van der Waals surface area contributed by atoms with Crippen LogP contribution in [0.25, 0.3) is 27.7 Å². The number of aromatic amines is 1. The molecule has 0 atom stereocenters. The maximum absolute atomic E-state index is 4.50. The van der Waals surface area contributed by atoms with Crippen molar-refractivity contribution < 1.29 is 0 Å². The number of benzene rings is 1. The molecule has 4 N–H and O–H groups in total. The van der Waals surface area contributed by atoms with Gasteiger partial charge in [-0.3, -0.25) is 10.1 Å². The Balaban J connectivity index is 0.00000176. The molecule has 188 valence electrons. The summed E-state index contributed by atoms with van der Waals surface area (Å²) in [6.07, 6.45) is 6.46. The van der Waals surface area contributed by atoms with Gasteiger partial charge in [0.05, 0.1) is 40.8 Å². The standard InChI is InChI=1S/C26H30N8.C2H6/c1-6-11-28-25-10-8-21(16-29-25)30-17(2)26-23-13-19(7-9-24(23)32-33-26)20-12-22(15-27-14-20)31-18(3)34(4)5;1-2/h7-10,12-16,30-31H,2-3,6,11H2,1,4-5H3,(H,28,29)(H,32,33);1-2H3. The Kier molecular flexibility index (Phi) is 9.05. The summed E-state index contributed by atoms with van der Waals surface area (Å²) in [5, 5.41) is 18.4. The number of nitrogens with one attached hydrogen (secondary N) is 4. The summed E-state index contributed by atoms with van der Waals surface area (Å²) in [5.74, 6) is 1.64. The van der Waals surface area contributed by atoms with Gasteiger partial charge in [0.25, 0.3) is 0 Å². The number of pyridine rings is 2. The smallest absolute Gasteiger partial charge is 0.126 e. The van der Waals surface area contributed by atoms with E-state index >= 15 is 0 Å². The van der Waals surface area contributed by atoms with Crippen LogP contribution in [0.5, 0.6) is 0 Å². The van der Waals surface area contributed by atoms with E-state index in [9.17, 15) is 0 Å². The van der Waals surface area contributed by atoms with E-state index in [1.165, 1.54) is 0 Å². The van der Waals surface area contributed by atoms with Crippen LogP contribution >= 0.6 is 0 Å². The summed E-state index contributed by atoms with van der Waals surface area (Å²) in [4.78, 5) is 10.8. The van der Waals surface area contributed by atoms with E-state index < -0.39 is 0 Å². The molecule has 0 fully saturated rings. The third-order valence-corrected chi connectivity index (χ3v) is 5.36. The molecule has 36 heavy (non-hydrogen) atoms. The molecule has 0 spiro atoms. The highest BCUT2D eigenvalue weighted by molar-refractivity contribution is 5.95. The van der Waals surface area contributed by atoms with Crippen molar-refractivity contribution >= 4 is 33.8 Å². The van der Waals surface area contributed by atoms with Gasteiger partial charge < -0.3 is 20.9 Å². The highest BCUT2D eigenvalue weighted by Crippen LogP contribution is 2.29. The first kappa shape index (κ1) is 26.3. The lowest BCUT2D eigenvalue weighted by Gasteiger charge is -2.17. The van der Waals surface area contributed by atoms with Crippen molar-refractivity contribution in [2.24, 2.45) is 0 Å². The van der Waals surface area contributed by atoms with E-state index in [4.69, 9.17) is 0 Å². The number of fused-ring (bicyclic) bond motifs is 1. The van der Waals surface area contributed by atoms with Gasteiger partial charge in [0.1, 0.15) is 11.5 Å². The molecule has 4 rings (SSSR count). The van der Waals surface area contributed by atoms with E-state index in [0.29, 0.717) is 5.70 Å². The highest BCUT2D eigenvalue weighted by Gasteiger charge is 2.12. The lowest BCUT2D eigenvalue weighted by atomic mass is 10.0. The second kappa shape index (κ2) is 12.4. The third-order valence-electron chi connectivity index (χ3n) is 5.36. The van der Waals surface area contributed by atoms with Crippen LogP contribution in [-0.2, 0) is 0 Å². The molecule has 3 aromatic heterocycles. The largest absolute Gasteiger partial charge is 0.370 e. The molecule has 0 aliphatic rings. The summed E-state index contributed by atoms with van der Waals surface area (Å²) in [6.45, 7) is 15.2. The van der Waals surface area contributed by atoms with Crippen molar-refractivity contribution in [1.82, 2.24) is 25.1 Å². The molecule has 4 aromatic rings. The summed E-state index contributed by atoms with van der Waals surface area (Å²) in [5.41, 5.74) is 6.12. The third kappa shape index (κ3) is 6.41. The van der Waals surface area contributed by atoms with Crippen LogP contribution < -0.4 is 16.0 Å². The van der Waals surface area contributed by atoms with Gasteiger partial charge in [-0.25, -0.2) is 4.98 Å².